The summed E-state index contributed by atoms with van der Waals surface area (Å²) < 4.78 is 15.8. The van der Waals surface area contributed by atoms with Crippen molar-refractivity contribution in [3.05, 3.63) is 29.3 Å². The maximum Gasteiger partial charge on any atom is 0.335 e. The SMILES string of the molecule is COc1cc(C(=O)O)ccc1C1OCCO1. The summed E-state index contributed by atoms with van der Waals surface area (Å²) in [4.78, 5) is 10.8. The van der Waals surface area contributed by atoms with Crippen molar-refractivity contribution in [1.29, 1.82) is 0 Å². The lowest BCUT2D eigenvalue weighted by molar-refractivity contribution is -0.0455. The molecule has 0 radical (unpaired) electrons. The van der Waals surface area contributed by atoms with E-state index in [1.807, 2.05) is 0 Å². The molecule has 1 fully saturated rings. The molecule has 2 rings (SSSR count). The van der Waals surface area contributed by atoms with Gasteiger partial charge in [0.25, 0.3) is 0 Å². The van der Waals surface area contributed by atoms with Crippen molar-refractivity contribution in [2.45, 2.75) is 6.29 Å². The van der Waals surface area contributed by atoms with Gasteiger partial charge >= 0.3 is 5.97 Å². The number of hydrogen-bond donors (Lipinski definition) is 1. The van der Waals surface area contributed by atoms with Gasteiger partial charge in [-0.2, -0.15) is 0 Å². The Hall–Kier alpha value is -1.59. The summed E-state index contributed by atoms with van der Waals surface area (Å²) in [6.45, 7) is 1.07. The lowest BCUT2D eigenvalue weighted by Crippen LogP contribution is -2.04. The summed E-state index contributed by atoms with van der Waals surface area (Å²) in [5, 5.41) is 8.84. The molecule has 16 heavy (non-hydrogen) atoms. The van der Waals surface area contributed by atoms with Crippen LogP contribution >= 0.6 is 0 Å². The molecule has 0 aromatic heterocycles. The standard InChI is InChI=1S/C11H12O5/c1-14-9-6-7(10(12)13)2-3-8(9)11-15-4-5-16-11/h2-3,6,11H,4-5H2,1H3,(H,12,13). The third kappa shape index (κ3) is 2.00. The van der Waals surface area contributed by atoms with E-state index in [9.17, 15) is 4.79 Å². The van der Waals surface area contributed by atoms with E-state index in [1.165, 1.54) is 19.2 Å². The zero-order chi connectivity index (χ0) is 11.5. The fourth-order valence-electron chi connectivity index (χ4n) is 1.58. The van der Waals surface area contributed by atoms with Crippen molar-refractivity contribution in [3.63, 3.8) is 0 Å². The Labute approximate surface area is 92.5 Å². The normalized spacial score (nSPS) is 16.3. The first kappa shape index (κ1) is 10.9. The van der Waals surface area contributed by atoms with Crippen molar-refractivity contribution >= 4 is 5.97 Å². The van der Waals surface area contributed by atoms with E-state index in [0.717, 1.165) is 0 Å². The molecule has 1 saturated heterocycles. The Bertz CT molecular complexity index is 395. The molecular weight excluding hydrogens is 212 g/mol. The molecule has 0 atom stereocenters. The van der Waals surface area contributed by atoms with Gasteiger partial charge in [-0.3, -0.25) is 0 Å². The second-order valence-corrected chi connectivity index (χ2v) is 3.34. The maximum atomic E-state index is 10.8. The van der Waals surface area contributed by atoms with E-state index in [0.29, 0.717) is 24.5 Å². The molecule has 1 aliphatic rings. The minimum absolute atomic E-state index is 0.179. The van der Waals surface area contributed by atoms with Gasteiger partial charge in [0.2, 0.25) is 0 Å². The zero-order valence-corrected chi connectivity index (χ0v) is 8.80. The van der Waals surface area contributed by atoms with Gasteiger partial charge in [0.15, 0.2) is 6.29 Å². The van der Waals surface area contributed by atoms with Gasteiger partial charge in [0.05, 0.1) is 25.9 Å². The topological polar surface area (TPSA) is 65.0 Å². The molecule has 1 aliphatic heterocycles. The van der Waals surface area contributed by atoms with Crippen LogP contribution < -0.4 is 4.74 Å². The van der Waals surface area contributed by atoms with Crippen molar-refractivity contribution in [2.75, 3.05) is 20.3 Å². The van der Waals surface area contributed by atoms with E-state index >= 15 is 0 Å². The van der Waals surface area contributed by atoms with E-state index < -0.39 is 12.3 Å². The quantitative estimate of drug-likeness (QED) is 0.841. The van der Waals surface area contributed by atoms with Crippen molar-refractivity contribution in [1.82, 2.24) is 0 Å². The first-order valence-electron chi connectivity index (χ1n) is 4.87. The number of benzene rings is 1. The summed E-state index contributed by atoms with van der Waals surface area (Å²) in [5.41, 5.74) is 0.892. The highest BCUT2D eigenvalue weighted by Crippen LogP contribution is 2.31. The molecule has 0 unspecified atom stereocenters. The summed E-state index contributed by atoms with van der Waals surface area (Å²) in [7, 11) is 1.49. The Morgan fingerprint density at radius 1 is 1.44 bits per heavy atom. The molecule has 1 N–H and O–H groups in total. The Morgan fingerprint density at radius 2 is 2.12 bits per heavy atom. The lowest BCUT2D eigenvalue weighted by Gasteiger charge is -2.14. The van der Waals surface area contributed by atoms with Crippen LogP contribution in [0.4, 0.5) is 0 Å². The first-order chi connectivity index (χ1) is 7.72. The predicted molar refractivity (Wildman–Crippen MR) is 54.6 cm³/mol. The van der Waals surface area contributed by atoms with Crippen LogP contribution in [-0.2, 0) is 9.47 Å². The van der Waals surface area contributed by atoms with Gasteiger partial charge in [-0.25, -0.2) is 4.79 Å². The second kappa shape index (κ2) is 4.51. The third-order valence-corrected chi connectivity index (χ3v) is 2.36. The summed E-state index contributed by atoms with van der Waals surface area (Å²) in [6.07, 6.45) is -0.460. The van der Waals surface area contributed by atoms with E-state index in [4.69, 9.17) is 19.3 Å². The fraction of sp³-hybridized carbons (Fsp3) is 0.364. The number of hydrogen-bond acceptors (Lipinski definition) is 4. The van der Waals surface area contributed by atoms with Crippen LogP contribution in [-0.4, -0.2) is 31.4 Å². The van der Waals surface area contributed by atoms with Gasteiger partial charge in [0, 0.05) is 5.56 Å². The lowest BCUT2D eigenvalue weighted by atomic mass is 10.1. The van der Waals surface area contributed by atoms with Crippen LogP contribution in [0.3, 0.4) is 0 Å². The molecule has 0 amide bonds. The summed E-state index contributed by atoms with van der Waals surface area (Å²) in [5.74, 6) is -0.523. The van der Waals surface area contributed by atoms with Crippen molar-refractivity contribution in [2.24, 2.45) is 0 Å². The molecule has 86 valence electrons. The van der Waals surface area contributed by atoms with Crippen LogP contribution in [0, 0.1) is 0 Å². The monoisotopic (exact) mass is 224 g/mol. The predicted octanol–water partition coefficient (Wildman–Crippen LogP) is 1.44. The number of aromatic carboxylic acids is 1. The Morgan fingerprint density at radius 3 is 2.69 bits per heavy atom. The Balaban J connectivity index is 2.34. The van der Waals surface area contributed by atoms with Crippen molar-refractivity contribution in [3.8, 4) is 5.75 Å². The molecular formula is C11H12O5. The fourth-order valence-corrected chi connectivity index (χ4v) is 1.58. The number of ether oxygens (including phenoxy) is 3. The molecule has 5 heteroatoms. The second-order valence-electron chi connectivity index (χ2n) is 3.34. The third-order valence-electron chi connectivity index (χ3n) is 2.36. The molecule has 5 nitrogen and oxygen atoms in total. The van der Waals surface area contributed by atoms with E-state index in [2.05, 4.69) is 0 Å². The van der Waals surface area contributed by atoms with Crippen LogP contribution in [0.5, 0.6) is 5.75 Å². The van der Waals surface area contributed by atoms with Crippen LogP contribution in [0.15, 0.2) is 18.2 Å². The molecule has 0 spiro atoms. The van der Waals surface area contributed by atoms with Crippen LogP contribution in [0.2, 0.25) is 0 Å². The smallest absolute Gasteiger partial charge is 0.335 e. The number of carboxylic acids is 1. The molecule has 0 bridgehead atoms. The van der Waals surface area contributed by atoms with E-state index in [-0.39, 0.29) is 5.56 Å². The van der Waals surface area contributed by atoms with Crippen LogP contribution in [0.1, 0.15) is 22.2 Å². The maximum absolute atomic E-state index is 10.8. The van der Waals surface area contributed by atoms with Crippen LogP contribution in [0.25, 0.3) is 0 Å². The zero-order valence-electron chi connectivity index (χ0n) is 8.80. The minimum atomic E-state index is -0.988. The highest BCUT2D eigenvalue weighted by atomic mass is 16.7. The van der Waals surface area contributed by atoms with Gasteiger partial charge in [-0.15, -0.1) is 0 Å². The highest BCUT2D eigenvalue weighted by molar-refractivity contribution is 5.88. The molecule has 0 saturated carbocycles. The summed E-state index contributed by atoms with van der Waals surface area (Å²) in [6, 6.07) is 4.62. The largest absolute Gasteiger partial charge is 0.496 e. The van der Waals surface area contributed by atoms with Gasteiger partial charge in [-0.05, 0) is 18.2 Å². The molecule has 1 heterocycles. The number of rotatable bonds is 3. The molecule has 1 aromatic carbocycles. The average Bonchev–Trinajstić information content (AvgIpc) is 2.81. The number of methoxy groups -OCH3 is 1. The first-order valence-corrected chi connectivity index (χ1v) is 4.87. The number of carbonyl (C=O) groups is 1. The van der Waals surface area contributed by atoms with E-state index in [1.54, 1.807) is 6.07 Å². The average molecular weight is 224 g/mol. The number of carboxylic acid groups (broad SMARTS) is 1. The van der Waals surface area contributed by atoms with Gasteiger partial charge in [-0.1, -0.05) is 0 Å². The molecule has 0 aliphatic carbocycles. The summed E-state index contributed by atoms with van der Waals surface area (Å²) >= 11 is 0. The van der Waals surface area contributed by atoms with Gasteiger partial charge in [0.1, 0.15) is 5.75 Å². The minimum Gasteiger partial charge on any atom is -0.496 e. The Kier molecular flexibility index (Phi) is 3.07. The molecule has 1 aromatic rings. The van der Waals surface area contributed by atoms with Gasteiger partial charge < -0.3 is 19.3 Å². The highest BCUT2D eigenvalue weighted by Gasteiger charge is 2.22. The van der Waals surface area contributed by atoms with Crippen molar-refractivity contribution < 1.29 is 24.1 Å².